The Morgan fingerprint density at radius 2 is 2.00 bits per heavy atom. The van der Waals surface area contributed by atoms with E-state index < -0.39 is 0 Å². The fourth-order valence-corrected chi connectivity index (χ4v) is 3.00. The van der Waals surface area contributed by atoms with Crippen LogP contribution in [0.3, 0.4) is 0 Å². The monoisotopic (exact) mass is 381 g/mol. The predicted molar refractivity (Wildman–Crippen MR) is 100 cm³/mol. The molecule has 1 heterocycles. The molecule has 25 heavy (non-hydrogen) atoms. The van der Waals surface area contributed by atoms with Crippen molar-refractivity contribution in [3.63, 3.8) is 0 Å². The molecule has 2 aromatic rings. The maximum absolute atomic E-state index is 12.8. The van der Waals surface area contributed by atoms with Gasteiger partial charge in [-0.05, 0) is 37.1 Å². The van der Waals surface area contributed by atoms with E-state index in [4.69, 9.17) is 23.2 Å². The number of carbonyl (C=O) groups excluding carboxylic acids is 1. The molecule has 0 aliphatic rings. The van der Waals surface area contributed by atoms with E-state index in [-0.39, 0.29) is 23.2 Å². The second kappa shape index (κ2) is 8.50. The van der Waals surface area contributed by atoms with Gasteiger partial charge in [0.15, 0.2) is 0 Å². The Morgan fingerprint density at radius 3 is 2.64 bits per heavy atom. The first-order chi connectivity index (χ1) is 11.8. The maximum Gasteiger partial charge on any atom is 0.274 e. The number of halogens is 2. The van der Waals surface area contributed by atoms with Crippen LogP contribution in [-0.2, 0) is 6.54 Å². The molecule has 134 valence electrons. The average molecular weight is 382 g/mol. The fraction of sp³-hybridized carbons (Fsp3) is 0.389. The van der Waals surface area contributed by atoms with Crippen molar-refractivity contribution in [2.75, 3.05) is 7.05 Å². The minimum absolute atomic E-state index is 0.207. The number of hydrogen-bond donors (Lipinski definition) is 0. The third kappa shape index (κ3) is 4.61. The normalized spacial score (nSPS) is 12.0. The van der Waals surface area contributed by atoms with Gasteiger partial charge in [0, 0.05) is 29.7 Å². The minimum atomic E-state index is -0.274. The van der Waals surface area contributed by atoms with Crippen molar-refractivity contribution in [2.24, 2.45) is 0 Å². The lowest BCUT2D eigenvalue weighted by molar-refractivity contribution is 0.0733. The Kier molecular flexibility index (Phi) is 6.62. The van der Waals surface area contributed by atoms with E-state index in [1.165, 1.54) is 16.8 Å². The summed E-state index contributed by atoms with van der Waals surface area (Å²) in [6.45, 7) is 4.41. The smallest absolute Gasteiger partial charge is 0.274 e. The van der Waals surface area contributed by atoms with Gasteiger partial charge in [-0.1, -0.05) is 42.6 Å². The van der Waals surface area contributed by atoms with Crippen LogP contribution in [0.1, 0.15) is 48.8 Å². The van der Waals surface area contributed by atoms with E-state index in [0.29, 0.717) is 16.6 Å². The number of nitrogens with zero attached hydrogens (tertiary/aromatic N) is 3. The molecule has 7 heteroatoms. The van der Waals surface area contributed by atoms with E-state index in [9.17, 15) is 9.59 Å². The van der Waals surface area contributed by atoms with E-state index in [2.05, 4.69) is 5.10 Å². The van der Waals surface area contributed by atoms with Crippen molar-refractivity contribution in [3.8, 4) is 0 Å². The van der Waals surface area contributed by atoms with Crippen LogP contribution in [0.15, 0.2) is 35.1 Å². The van der Waals surface area contributed by atoms with Gasteiger partial charge in [-0.2, -0.15) is 5.10 Å². The van der Waals surface area contributed by atoms with Crippen LogP contribution >= 0.6 is 23.2 Å². The van der Waals surface area contributed by atoms with E-state index in [0.717, 1.165) is 18.4 Å². The Morgan fingerprint density at radius 1 is 1.28 bits per heavy atom. The largest absolute Gasteiger partial charge is 0.333 e. The van der Waals surface area contributed by atoms with Gasteiger partial charge in [0.2, 0.25) is 0 Å². The molecule has 1 atom stereocenters. The van der Waals surface area contributed by atoms with Crippen LogP contribution in [0.4, 0.5) is 0 Å². The van der Waals surface area contributed by atoms with E-state index >= 15 is 0 Å². The zero-order valence-electron chi connectivity index (χ0n) is 14.5. The topological polar surface area (TPSA) is 55.2 Å². The lowest BCUT2D eigenvalue weighted by Gasteiger charge is -2.26. The van der Waals surface area contributed by atoms with Crippen LogP contribution in [0, 0.1) is 0 Å². The highest BCUT2D eigenvalue weighted by Gasteiger charge is 2.22. The van der Waals surface area contributed by atoms with Crippen molar-refractivity contribution < 1.29 is 4.79 Å². The number of aromatic nitrogens is 2. The third-order valence-electron chi connectivity index (χ3n) is 4.12. The van der Waals surface area contributed by atoms with Crippen molar-refractivity contribution >= 4 is 29.1 Å². The predicted octanol–water partition coefficient (Wildman–Crippen LogP) is 4.18. The first-order valence-corrected chi connectivity index (χ1v) is 8.91. The zero-order valence-corrected chi connectivity index (χ0v) is 16.0. The number of benzene rings is 1. The van der Waals surface area contributed by atoms with Crippen molar-refractivity contribution in [1.82, 2.24) is 14.7 Å². The summed E-state index contributed by atoms with van der Waals surface area (Å²) in [6, 6.07) is 7.75. The minimum Gasteiger partial charge on any atom is -0.333 e. The molecule has 0 aliphatic heterocycles. The van der Waals surface area contributed by atoms with Crippen molar-refractivity contribution in [2.45, 2.75) is 39.3 Å². The summed E-state index contributed by atoms with van der Waals surface area (Å²) in [5.74, 6) is -0.274. The van der Waals surface area contributed by atoms with Gasteiger partial charge in [0.25, 0.3) is 11.5 Å². The standard InChI is InChI=1S/C18H21Cl2N3O2/c1-4-5-10-23-17(24)9-8-16(21-23)18(25)22(3)12(2)14-7-6-13(19)11-15(14)20/h6-9,11-12H,4-5,10H2,1-3H3. The second-order valence-electron chi connectivity index (χ2n) is 5.89. The highest BCUT2D eigenvalue weighted by atomic mass is 35.5. The number of unbranched alkanes of at least 4 members (excludes halogenated alkanes) is 1. The van der Waals surface area contributed by atoms with E-state index in [1.807, 2.05) is 13.8 Å². The van der Waals surface area contributed by atoms with Crippen LogP contribution in [0.5, 0.6) is 0 Å². The molecule has 1 unspecified atom stereocenters. The fourth-order valence-electron chi connectivity index (χ4n) is 2.44. The molecule has 2 rings (SSSR count). The highest BCUT2D eigenvalue weighted by molar-refractivity contribution is 6.35. The van der Waals surface area contributed by atoms with Gasteiger partial charge in [0.05, 0.1) is 6.04 Å². The molecule has 1 aromatic heterocycles. The van der Waals surface area contributed by atoms with Crippen LogP contribution in [0.25, 0.3) is 0 Å². The lowest BCUT2D eigenvalue weighted by atomic mass is 10.1. The first kappa shape index (κ1) is 19.5. The molecule has 0 radical (unpaired) electrons. The molecular weight excluding hydrogens is 361 g/mol. The molecule has 1 aromatic carbocycles. The highest BCUT2D eigenvalue weighted by Crippen LogP contribution is 2.29. The van der Waals surface area contributed by atoms with E-state index in [1.54, 1.807) is 30.1 Å². The molecule has 0 N–H and O–H groups in total. The molecule has 1 amide bonds. The number of hydrogen-bond acceptors (Lipinski definition) is 3. The molecule has 0 spiro atoms. The Labute approximate surface area is 157 Å². The number of carbonyl (C=O) groups is 1. The Bertz CT molecular complexity index is 820. The van der Waals surface area contributed by atoms with Gasteiger partial charge in [-0.3, -0.25) is 9.59 Å². The summed E-state index contributed by atoms with van der Waals surface area (Å²) in [5.41, 5.74) is 0.817. The molecular formula is C18H21Cl2N3O2. The molecule has 0 bridgehead atoms. The van der Waals surface area contributed by atoms with Gasteiger partial charge >= 0.3 is 0 Å². The molecule has 0 saturated carbocycles. The van der Waals surface area contributed by atoms with Crippen LogP contribution < -0.4 is 5.56 Å². The molecule has 0 aliphatic carbocycles. The summed E-state index contributed by atoms with van der Waals surface area (Å²) >= 11 is 12.2. The summed E-state index contributed by atoms with van der Waals surface area (Å²) in [6.07, 6.45) is 1.77. The van der Waals surface area contributed by atoms with Crippen LogP contribution in [-0.4, -0.2) is 27.6 Å². The second-order valence-corrected chi connectivity index (χ2v) is 6.74. The molecule has 0 saturated heterocycles. The van der Waals surface area contributed by atoms with Gasteiger partial charge in [0.1, 0.15) is 5.69 Å². The van der Waals surface area contributed by atoms with Gasteiger partial charge in [-0.15, -0.1) is 0 Å². The Hall–Kier alpha value is -1.85. The number of rotatable bonds is 6. The van der Waals surface area contributed by atoms with Crippen molar-refractivity contribution in [3.05, 3.63) is 62.0 Å². The summed E-state index contributed by atoms with van der Waals surface area (Å²) in [4.78, 5) is 26.1. The van der Waals surface area contributed by atoms with Gasteiger partial charge < -0.3 is 4.90 Å². The summed E-state index contributed by atoms with van der Waals surface area (Å²) < 4.78 is 1.34. The number of amides is 1. The maximum atomic E-state index is 12.8. The Balaban J connectivity index is 2.25. The first-order valence-electron chi connectivity index (χ1n) is 8.15. The lowest BCUT2D eigenvalue weighted by Crippen LogP contribution is -2.33. The van der Waals surface area contributed by atoms with Gasteiger partial charge in [-0.25, -0.2) is 4.68 Å². The SMILES string of the molecule is CCCCn1nc(C(=O)N(C)C(C)c2ccc(Cl)cc2Cl)ccc1=O. The summed E-state index contributed by atoms with van der Waals surface area (Å²) in [7, 11) is 1.68. The van der Waals surface area contributed by atoms with Crippen molar-refractivity contribution in [1.29, 1.82) is 0 Å². The van der Waals surface area contributed by atoms with Crippen LogP contribution in [0.2, 0.25) is 10.0 Å². The molecule has 5 nitrogen and oxygen atoms in total. The number of aryl methyl sites for hydroxylation is 1. The molecule has 0 fully saturated rings. The summed E-state index contributed by atoms with van der Waals surface area (Å²) in [5, 5.41) is 5.24. The quantitative estimate of drug-likeness (QED) is 0.753. The third-order valence-corrected chi connectivity index (χ3v) is 4.69. The zero-order chi connectivity index (χ0) is 18.6. The average Bonchev–Trinajstić information content (AvgIpc) is 2.59.